The standard InChI is InChI=1S/C12H19Cl2N3O/c1-17(5-6-18-2)4-3-16-12-8-10(14)9(13)7-11(12)15/h7-8,16H,3-6,15H2,1-2H3. The first-order chi connectivity index (χ1) is 8.54. The van der Waals surface area contributed by atoms with Crippen LogP contribution in [0.3, 0.4) is 0 Å². The Bertz CT molecular complexity index is 388. The molecular weight excluding hydrogens is 273 g/mol. The Labute approximate surface area is 118 Å². The third kappa shape index (κ3) is 4.90. The summed E-state index contributed by atoms with van der Waals surface area (Å²) in [5, 5.41) is 4.21. The molecule has 0 unspecified atom stereocenters. The van der Waals surface area contributed by atoms with E-state index in [2.05, 4.69) is 10.2 Å². The van der Waals surface area contributed by atoms with Crippen LogP contribution in [0.2, 0.25) is 10.0 Å². The van der Waals surface area contributed by atoms with Crippen molar-refractivity contribution >= 4 is 34.6 Å². The summed E-state index contributed by atoms with van der Waals surface area (Å²) >= 11 is 11.8. The average Bonchev–Trinajstić information content (AvgIpc) is 2.33. The molecule has 0 saturated heterocycles. The predicted molar refractivity (Wildman–Crippen MR) is 78.7 cm³/mol. The number of methoxy groups -OCH3 is 1. The molecule has 18 heavy (non-hydrogen) atoms. The highest BCUT2D eigenvalue weighted by atomic mass is 35.5. The highest BCUT2D eigenvalue weighted by Gasteiger charge is 2.05. The summed E-state index contributed by atoms with van der Waals surface area (Å²) < 4.78 is 5.01. The molecule has 0 spiro atoms. The smallest absolute Gasteiger partial charge is 0.0614 e. The van der Waals surface area contributed by atoms with Crippen LogP contribution < -0.4 is 11.1 Å². The van der Waals surface area contributed by atoms with Gasteiger partial charge in [0.05, 0.1) is 28.0 Å². The zero-order chi connectivity index (χ0) is 13.5. The molecule has 0 aliphatic rings. The van der Waals surface area contributed by atoms with Crippen molar-refractivity contribution in [3.63, 3.8) is 0 Å². The Morgan fingerprint density at radius 2 is 1.94 bits per heavy atom. The van der Waals surface area contributed by atoms with Gasteiger partial charge >= 0.3 is 0 Å². The minimum absolute atomic E-state index is 0.469. The third-order valence-corrected chi connectivity index (χ3v) is 3.30. The van der Waals surface area contributed by atoms with Crippen LogP contribution in [0.25, 0.3) is 0 Å². The van der Waals surface area contributed by atoms with Gasteiger partial charge in [0.2, 0.25) is 0 Å². The number of ether oxygens (including phenoxy) is 1. The van der Waals surface area contributed by atoms with E-state index in [1.807, 2.05) is 7.05 Å². The highest BCUT2D eigenvalue weighted by molar-refractivity contribution is 6.42. The Balaban J connectivity index is 2.42. The normalized spacial score (nSPS) is 10.9. The number of nitrogens with one attached hydrogen (secondary N) is 1. The number of rotatable bonds is 7. The Morgan fingerprint density at radius 1 is 1.28 bits per heavy atom. The maximum absolute atomic E-state index is 5.94. The fourth-order valence-corrected chi connectivity index (χ4v) is 1.79. The van der Waals surface area contributed by atoms with Gasteiger partial charge in [-0.1, -0.05) is 23.2 Å². The van der Waals surface area contributed by atoms with E-state index in [0.717, 1.165) is 31.9 Å². The molecule has 1 aromatic rings. The second-order valence-corrected chi connectivity index (χ2v) is 4.89. The molecule has 6 heteroatoms. The predicted octanol–water partition coefficient (Wildman–Crippen LogP) is 2.57. The first-order valence-electron chi connectivity index (χ1n) is 5.70. The molecule has 102 valence electrons. The van der Waals surface area contributed by atoms with Crippen molar-refractivity contribution in [1.29, 1.82) is 0 Å². The number of halogens is 2. The van der Waals surface area contributed by atoms with E-state index in [1.54, 1.807) is 19.2 Å². The molecule has 0 aliphatic heterocycles. The molecule has 0 saturated carbocycles. The first kappa shape index (κ1) is 15.4. The van der Waals surface area contributed by atoms with Crippen molar-refractivity contribution in [3.8, 4) is 0 Å². The molecule has 0 heterocycles. The van der Waals surface area contributed by atoms with E-state index in [4.69, 9.17) is 33.7 Å². The number of nitrogens with two attached hydrogens (primary N) is 1. The molecule has 0 fully saturated rings. The van der Waals surface area contributed by atoms with Crippen molar-refractivity contribution in [2.45, 2.75) is 0 Å². The number of hydrogen-bond donors (Lipinski definition) is 2. The van der Waals surface area contributed by atoms with E-state index < -0.39 is 0 Å². The summed E-state index contributed by atoms with van der Waals surface area (Å²) in [6.07, 6.45) is 0. The summed E-state index contributed by atoms with van der Waals surface area (Å²) in [6, 6.07) is 3.40. The number of anilines is 2. The van der Waals surface area contributed by atoms with Crippen LogP contribution in [0.1, 0.15) is 0 Å². The number of nitrogens with zero attached hydrogens (tertiary/aromatic N) is 1. The number of nitrogen functional groups attached to an aromatic ring is 1. The SMILES string of the molecule is COCCN(C)CCNc1cc(Cl)c(Cl)cc1N. The summed E-state index contributed by atoms with van der Waals surface area (Å²) in [5.41, 5.74) is 7.26. The van der Waals surface area contributed by atoms with E-state index in [9.17, 15) is 0 Å². The zero-order valence-electron chi connectivity index (χ0n) is 10.7. The van der Waals surface area contributed by atoms with Gasteiger partial charge in [0, 0.05) is 26.7 Å². The van der Waals surface area contributed by atoms with Gasteiger partial charge in [0.15, 0.2) is 0 Å². The largest absolute Gasteiger partial charge is 0.397 e. The molecule has 0 aromatic heterocycles. The Hall–Kier alpha value is -0.680. The van der Waals surface area contributed by atoms with Crippen LogP contribution in [-0.4, -0.2) is 45.3 Å². The lowest BCUT2D eigenvalue weighted by Crippen LogP contribution is -2.28. The van der Waals surface area contributed by atoms with Gasteiger partial charge in [-0.25, -0.2) is 0 Å². The minimum atomic E-state index is 0.469. The molecular formula is C12H19Cl2N3O. The van der Waals surface area contributed by atoms with Crippen molar-refractivity contribution in [2.24, 2.45) is 0 Å². The molecule has 0 amide bonds. The van der Waals surface area contributed by atoms with E-state index in [-0.39, 0.29) is 0 Å². The van der Waals surface area contributed by atoms with Crippen molar-refractivity contribution in [2.75, 3.05) is 51.4 Å². The molecule has 4 nitrogen and oxygen atoms in total. The lowest BCUT2D eigenvalue weighted by atomic mass is 10.2. The van der Waals surface area contributed by atoms with E-state index >= 15 is 0 Å². The summed E-state index contributed by atoms with van der Waals surface area (Å²) in [5.74, 6) is 0. The van der Waals surface area contributed by atoms with E-state index in [0.29, 0.717) is 15.7 Å². The third-order valence-electron chi connectivity index (χ3n) is 2.58. The van der Waals surface area contributed by atoms with Crippen molar-refractivity contribution < 1.29 is 4.74 Å². The van der Waals surface area contributed by atoms with Crippen LogP contribution in [0.4, 0.5) is 11.4 Å². The number of hydrogen-bond acceptors (Lipinski definition) is 4. The Kier molecular flexibility index (Phi) is 6.57. The fourth-order valence-electron chi connectivity index (χ4n) is 1.46. The molecule has 1 rings (SSSR count). The second kappa shape index (κ2) is 7.69. The molecule has 0 radical (unpaired) electrons. The van der Waals surface area contributed by atoms with Gasteiger partial charge in [0.1, 0.15) is 0 Å². The lowest BCUT2D eigenvalue weighted by Gasteiger charge is -2.17. The maximum atomic E-state index is 5.94. The zero-order valence-corrected chi connectivity index (χ0v) is 12.2. The monoisotopic (exact) mass is 291 g/mol. The van der Waals surface area contributed by atoms with Crippen LogP contribution >= 0.6 is 23.2 Å². The van der Waals surface area contributed by atoms with Crippen molar-refractivity contribution in [1.82, 2.24) is 4.90 Å². The van der Waals surface area contributed by atoms with Crippen LogP contribution in [0, 0.1) is 0 Å². The lowest BCUT2D eigenvalue weighted by molar-refractivity contribution is 0.163. The highest BCUT2D eigenvalue weighted by Crippen LogP contribution is 2.30. The molecule has 0 atom stereocenters. The van der Waals surface area contributed by atoms with Gasteiger partial charge in [-0.3, -0.25) is 0 Å². The average molecular weight is 292 g/mol. The van der Waals surface area contributed by atoms with E-state index in [1.165, 1.54) is 0 Å². The summed E-state index contributed by atoms with van der Waals surface area (Å²) in [6.45, 7) is 3.30. The topological polar surface area (TPSA) is 50.5 Å². The molecule has 1 aromatic carbocycles. The van der Waals surface area contributed by atoms with Gasteiger partial charge < -0.3 is 20.7 Å². The van der Waals surface area contributed by atoms with Crippen LogP contribution in [-0.2, 0) is 4.74 Å². The summed E-state index contributed by atoms with van der Waals surface area (Å²) in [7, 11) is 3.74. The molecule has 0 bridgehead atoms. The molecule has 3 N–H and O–H groups in total. The fraction of sp³-hybridized carbons (Fsp3) is 0.500. The number of benzene rings is 1. The summed E-state index contributed by atoms with van der Waals surface area (Å²) in [4.78, 5) is 2.17. The van der Waals surface area contributed by atoms with Gasteiger partial charge in [-0.05, 0) is 19.2 Å². The van der Waals surface area contributed by atoms with Gasteiger partial charge in [-0.15, -0.1) is 0 Å². The van der Waals surface area contributed by atoms with Gasteiger partial charge in [-0.2, -0.15) is 0 Å². The second-order valence-electron chi connectivity index (χ2n) is 4.08. The maximum Gasteiger partial charge on any atom is 0.0614 e. The van der Waals surface area contributed by atoms with Crippen LogP contribution in [0.15, 0.2) is 12.1 Å². The molecule has 0 aliphatic carbocycles. The number of likely N-dealkylation sites (N-methyl/N-ethyl adjacent to an activating group) is 1. The minimum Gasteiger partial charge on any atom is -0.397 e. The Morgan fingerprint density at radius 3 is 2.61 bits per heavy atom. The quantitative estimate of drug-likeness (QED) is 0.758. The van der Waals surface area contributed by atoms with Crippen molar-refractivity contribution in [3.05, 3.63) is 22.2 Å². The van der Waals surface area contributed by atoms with Gasteiger partial charge in [0.25, 0.3) is 0 Å². The first-order valence-corrected chi connectivity index (χ1v) is 6.46. The van der Waals surface area contributed by atoms with Crippen LogP contribution in [0.5, 0.6) is 0 Å².